The molecule has 0 saturated carbocycles. The summed E-state index contributed by atoms with van der Waals surface area (Å²) in [6.45, 7) is 0.268. The molecule has 5 nitrogen and oxygen atoms in total. The molecule has 144 valence electrons. The maximum absolute atomic E-state index is 13.0. The second-order valence-electron chi connectivity index (χ2n) is 6.04. The molecule has 1 N–H and O–H groups in total. The van der Waals surface area contributed by atoms with E-state index in [9.17, 15) is 18.8 Å². The Bertz CT molecular complexity index is 947. The molecule has 0 bridgehead atoms. The Hall–Kier alpha value is -2.45. The van der Waals surface area contributed by atoms with Gasteiger partial charge in [-0.15, -0.1) is 0 Å². The summed E-state index contributed by atoms with van der Waals surface area (Å²) in [6, 6.07) is 13.1. The van der Waals surface area contributed by atoms with Crippen molar-refractivity contribution < 1.29 is 18.8 Å². The van der Waals surface area contributed by atoms with E-state index in [2.05, 4.69) is 21.2 Å². The first kappa shape index (κ1) is 20.3. The van der Waals surface area contributed by atoms with Crippen LogP contribution in [0.2, 0.25) is 0 Å². The highest BCUT2D eigenvalue weighted by Gasteiger charge is 2.34. The second-order valence-corrected chi connectivity index (χ2v) is 7.95. The van der Waals surface area contributed by atoms with Crippen molar-refractivity contribution in [3.63, 3.8) is 0 Å². The number of benzene rings is 2. The van der Waals surface area contributed by atoms with Crippen molar-refractivity contribution >= 4 is 50.8 Å². The summed E-state index contributed by atoms with van der Waals surface area (Å²) in [5, 5.41) is 2.33. The van der Waals surface area contributed by atoms with E-state index in [0.29, 0.717) is 5.56 Å². The lowest BCUT2D eigenvalue weighted by atomic mass is 10.1. The largest absolute Gasteiger partial charge is 0.354 e. The van der Waals surface area contributed by atoms with Crippen LogP contribution in [0.4, 0.5) is 9.18 Å². The molecule has 0 aliphatic carbocycles. The molecule has 0 radical (unpaired) electrons. The second kappa shape index (κ2) is 9.16. The van der Waals surface area contributed by atoms with Gasteiger partial charge in [0.2, 0.25) is 5.91 Å². The van der Waals surface area contributed by atoms with Gasteiger partial charge in [-0.25, -0.2) is 4.39 Å². The summed E-state index contributed by atoms with van der Waals surface area (Å²) in [5.41, 5.74) is 1.49. The van der Waals surface area contributed by atoms with Gasteiger partial charge in [0.1, 0.15) is 5.82 Å². The average Bonchev–Trinajstić information content (AvgIpc) is 2.91. The van der Waals surface area contributed by atoms with E-state index in [1.54, 1.807) is 6.08 Å². The maximum Gasteiger partial charge on any atom is 0.293 e. The summed E-state index contributed by atoms with van der Waals surface area (Å²) in [4.78, 5) is 37.9. The maximum atomic E-state index is 13.0. The Morgan fingerprint density at radius 1 is 1.18 bits per heavy atom. The van der Waals surface area contributed by atoms with Crippen LogP contribution in [0.25, 0.3) is 6.08 Å². The fourth-order valence-electron chi connectivity index (χ4n) is 2.61. The molecule has 2 aromatic rings. The Labute approximate surface area is 174 Å². The third-order valence-electron chi connectivity index (χ3n) is 3.95. The Morgan fingerprint density at radius 2 is 1.93 bits per heavy atom. The van der Waals surface area contributed by atoms with Crippen LogP contribution in [-0.4, -0.2) is 35.0 Å². The van der Waals surface area contributed by atoms with Gasteiger partial charge in [0.15, 0.2) is 0 Å². The predicted octanol–water partition coefficient (Wildman–Crippen LogP) is 3.98. The Balaban J connectivity index is 1.53. The number of halogens is 2. The van der Waals surface area contributed by atoms with Gasteiger partial charge in [-0.05, 0) is 53.2 Å². The van der Waals surface area contributed by atoms with E-state index in [-0.39, 0.29) is 41.4 Å². The van der Waals surface area contributed by atoms with Crippen LogP contribution in [0.1, 0.15) is 11.1 Å². The monoisotopic (exact) mass is 462 g/mol. The van der Waals surface area contributed by atoms with Gasteiger partial charge in [0.25, 0.3) is 11.1 Å². The summed E-state index contributed by atoms with van der Waals surface area (Å²) >= 11 is 4.19. The average molecular weight is 463 g/mol. The highest BCUT2D eigenvalue weighted by atomic mass is 79.9. The quantitative estimate of drug-likeness (QED) is 0.659. The van der Waals surface area contributed by atoms with Crippen molar-refractivity contribution in [2.45, 2.75) is 6.42 Å². The molecule has 1 fully saturated rings. The van der Waals surface area contributed by atoms with Crippen LogP contribution in [0, 0.1) is 5.82 Å². The highest BCUT2D eigenvalue weighted by molar-refractivity contribution is 9.10. The fraction of sp³-hybridized carbons (Fsp3) is 0.150. The number of nitrogens with zero attached hydrogens (tertiary/aromatic N) is 1. The normalized spacial score (nSPS) is 15.4. The molecular formula is C20H16BrFN2O3S. The first-order valence-corrected chi connectivity index (χ1v) is 10.1. The molecule has 2 aromatic carbocycles. The minimum Gasteiger partial charge on any atom is -0.354 e. The van der Waals surface area contributed by atoms with Crippen molar-refractivity contribution in [1.82, 2.24) is 10.2 Å². The summed E-state index contributed by atoms with van der Waals surface area (Å²) in [7, 11) is 0. The van der Waals surface area contributed by atoms with Crippen LogP contribution in [0.15, 0.2) is 57.9 Å². The lowest BCUT2D eigenvalue weighted by molar-refractivity contribution is -0.124. The van der Waals surface area contributed by atoms with Gasteiger partial charge in [0, 0.05) is 17.6 Å². The number of imide groups is 1. The predicted molar refractivity (Wildman–Crippen MR) is 110 cm³/mol. The Kier molecular flexibility index (Phi) is 6.64. The number of thioether (sulfide) groups is 1. The van der Waals surface area contributed by atoms with E-state index in [1.807, 2.05) is 24.3 Å². The molecule has 8 heteroatoms. The SMILES string of the molecule is O=C(Cc1cccc(Br)c1)NCCN1C(=O)S/C(=C/c2ccc(F)cc2)C1=O. The standard InChI is InChI=1S/C20H16BrFN2O3S/c21-15-3-1-2-14(10-15)12-18(25)23-8-9-24-19(26)17(28-20(24)27)11-13-4-6-16(22)7-5-13/h1-7,10-11H,8-9,12H2,(H,23,25)/b17-11+. The van der Waals surface area contributed by atoms with Gasteiger partial charge in [-0.2, -0.15) is 0 Å². The van der Waals surface area contributed by atoms with Gasteiger partial charge >= 0.3 is 0 Å². The molecule has 0 spiro atoms. The van der Waals surface area contributed by atoms with Crippen molar-refractivity contribution in [2.75, 3.05) is 13.1 Å². The first-order chi connectivity index (χ1) is 13.4. The van der Waals surface area contributed by atoms with Crippen molar-refractivity contribution in [2.24, 2.45) is 0 Å². The lowest BCUT2D eigenvalue weighted by Crippen LogP contribution is -2.37. The van der Waals surface area contributed by atoms with Crippen LogP contribution in [0.5, 0.6) is 0 Å². The van der Waals surface area contributed by atoms with Crippen LogP contribution >= 0.6 is 27.7 Å². The number of carbonyl (C=O) groups excluding carboxylic acids is 3. The molecule has 1 aliphatic heterocycles. The van der Waals surface area contributed by atoms with Crippen LogP contribution < -0.4 is 5.32 Å². The lowest BCUT2D eigenvalue weighted by Gasteiger charge is -2.13. The summed E-state index contributed by atoms with van der Waals surface area (Å²) < 4.78 is 13.9. The van der Waals surface area contributed by atoms with Gasteiger partial charge in [-0.3, -0.25) is 19.3 Å². The number of carbonyl (C=O) groups is 3. The third kappa shape index (κ3) is 5.30. The van der Waals surface area contributed by atoms with Gasteiger partial charge in [0.05, 0.1) is 11.3 Å². The molecule has 1 heterocycles. The number of hydrogen-bond donors (Lipinski definition) is 1. The molecular weight excluding hydrogens is 447 g/mol. The van der Waals surface area contributed by atoms with Crippen molar-refractivity contribution in [3.05, 3.63) is 74.9 Å². The zero-order valence-electron chi connectivity index (χ0n) is 14.7. The number of nitrogens with one attached hydrogen (secondary N) is 1. The zero-order valence-corrected chi connectivity index (χ0v) is 17.1. The minimum atomic E-state index is -0.416. The van der Waals surface area contributed by atoms with E-state index in [0.717, 1.165) is 26.7 Å². The zero-order chi connectivity index (χ0) is 20.1. The van der Waals surface area contributed by atoms with Crippen LogP contribution in [0.3, 0.4) is 0 Å². The fourth-order valence-corrected chi connectivity index (χ4v) is 3.92. The van der Waals surface area contributed by atoms with Gasteiger partial charge < -0.3 is 5.32 Å². The van der Waals surface area contributed by atoms with Crippen LogP contribution in [-0.2, 0) is 16.0 Å². The van der Waals surface area contributed by atoms with E-state index in [4.69, 9.17) is 0 Å². The molecule has 28 heavy (non-hydrogen) atoms. The molecule has 0 aromatic heterocycles. The minimum absolute atomic E-state index is 0.0929. The number of amides is 3. The highest BCUT2D eigenvalue weighted by Crippen LogP contribution is 2.31. The topological polar surface area (TPSA) is 66.5 Å². The summed E-state index contributed by atoms with van der Waals surface area (Å²) in [5.74, 6) is -0.976. The first-order valence-electron chi connectivity index (χ1n) is 8.44. The molecule has 3 amide bonds. The van der Waals surface area contributed by atoms with E-state index < -0.39 is 5.91 Å². The molecule has 0 atom stereocenters. The molecule has 1 aliphatic rings. The number of hydrogen-bond acceptors (Lipinski definition) is 4. The molecule has 0 unspecified atom stereocenters. The van der Waals surface area contributed by atoms with E-state index >= 15 is 0 Å². The van der Waals surface area contributed by atoms with E-state index in [1.165, 1.54) is 24.3 Å². The summed E-state index contributed by atoms with van der Waals surface area (Å²) in [6.07, 6.45) is 1.77. The third-order valence-corrected chi connectivity index (χ3v) is 5.35. The van der Waals surface area contributed by atoms with Gasteiger partial charge in [-0.1, -0.05) is 40.2 Å². The smallest absolute Gasteiger partial charge is 0.293 e. The Morgan fingerprint density at radius 3 is 2.64 bits per heavy atom. The molecule has 1 saturated heterocycles. The molecule has 3 rings (SSSR count). The van der Waals surface area contributed by atoms with Crippen molar-refractivity contribution in [3.8, 4) is 0 Å². The van der Waals surface area contributed by atoms with Crippen molar-refractivity contribution in [1.29, 1.82) is 0 Å². The number of rotatable bonds is 6.